The maximum absolute atomic E-state index is 14.3. The molecule has 0 saturated carbocycles. The molecule has 312 valence electrons. The van der Waals surface area contributed by atoms with Crippen LogP contribution in [0.15, 0.2) is 41.9 Å². The second-order valence-corrected chi connectivity index (χ2v) is 17.2. The number of hydrogen-bond donors (Lipinski definition) is 1. The summed E-state index contributed by atoms with van der Waals surface area (Å²) in [6.07, 6.45) is 3.09. The minimum atomic E-state index is -1.24. The van der Waals surface area contributed by atoms with Crippen LogP contribution in [-0.2, 0) is 39.8 Å². The van der Waals surface area contributed by atoms with Gasteiger partial charge in [0.25, 0.3) is 0 Å². The average molecular weight is 799 g/mol. The predicted molar refractivity (Wildman–Crippen MR) is 218 cm³/mol. The van der Waals surface area contributed by atoms with Gasteiger partial charge in [0.05, 0.1) is 48.4 Å². The summed E-state index contributed by atoms with van der Waals surface area (Å²) in [5.41, 5.74) is -0.0964. The summed E-state index contributed by atoms with van der Waals surface area (Å²) in [7, 11) is 6.12. The molecule has 0 bridgehead atoms. The van der Waals surface area contributed by atoms with Gasteiger partial charge in [0.2, 0.25) is 11.8 Å². The van der Waals surface area contributed by atoms with Crippen molar-refractivity contribution in [3.8, 4) is 0 Å². The number of ketones is 2. The molecular weight excluding hydrogens is 733 g/mol. The maximum atomic E-state index is 14.3. The number of thiazole rings is 1. The number of hydrogen-bond acceptors (Lipinski definition) is 10. The highest BCUT2D eigenvalue weighted by Gasteiger charge is 2.43. The van der Waals surface area contributed by atoms with Crippen LogP contribution in [0.2, 0.25) is 0 Å². The Morgan fingerprint density at radius 3 is 2.23 bits per heavy atom. The Morgan fingerprint density at radius 1 is 1.00 bits per heavy atom. The zero-order valence-corrected chi connectivity index (χ0v) is 36.2. The molecule has 12 nitrogen and oxygen atoms in total. The van der Waals surface area contributed by atoms with Crippen molar-refractivity contribution in [3.05, 3.63) is 52.5 Å². The quantitative estimate of drug-likeness (QED) is 0.137. The normalized spacial score (nSPS) is 18.4. The Labute approximate surface area is 338 Å². The van der Waals surface area contributed by atoms with Crippen LogP contribution in [0.4, 0.5) is 4.79 Å². The van der Waals surface area contributed by atoms with Gasteiger partial charge in [0.15, 0.2) is 5.78 Å². The monoisotopic (exact) mass is 798 g/mol. The molecule has 1 aliphatic heterocycles. The molecule has 0 aliphatic carbocycles. The van der Waals surface area contributed by atoms with Crippen molar-refractivity contribution < 1.29 is 38.2 Å². The fourth-order valence-electron chi connectivity index (χ4n) is 8.05. The van der Waals surface area contributed by atoms with Gasteiger partial charge < -0.3 is 29.3 Å². The van der Waals surface area contributed by atoms with Crippen molar-refractivity contribution in [1.29, 1.82) is 0 Å². The number of nitrogens with zero attached hydrogens (tertiary/aromatic N) is 3. The van der Waals surface area contributed by atoms with Crippen molar-refractivity contribution >= 4 is 40.8 Å². The second kappa shape index (κ2) is 21.7. The molecule has 2 heterocycles. The van der Waals surface area contributed by atoms with Crippen molar-refractivity contribution in [2.45, 2.75) is 129 Å². The summed E-state index contributed by atoms with van der Waals surface area (Å²) >= 11 is 1.56. The Kier molecular flexibility index (Phi) is 18.1. The third kappa shape index (κ3) is 12.2. The first kappa shape index (κ1) is 46.7. The first-order chi connectivity index (χ1) is 26.5. The van der Waals surface area contributed by atoms with Crippen LogP contribution in [0, 0.1) is 23.7 Å². The van der Waals surface area contributed by atoms with Gasteiger partial charge in [0, 0.05) is 70.0 Å². The van der Waals surface area contributed by atoms with Crippen LogP contribution in [-0.4, -0.2) is 109 Å². The van der Waals surface area contributed by atoms with Crippen molar-refractivity contribution in [1.82, 2.24) is 20.1 Å². The highest BCUT2D eigenvalue weighted by atomic mass is 32.1. The van der Waals surface area contributed by atoms with Gasteiger partial charge in [-0.2, -0.15) is 0 Å². The number of Topliss-reactive ketones (excluding diaryl/α,β-unsaturated/α-hetero) is 2. The summed E-state index contributed by atoms with van der Waals surface area (Å²) in [4.78, 5) is 76.0. The zero-order chi connectivity index (χ0) is 41.7. The van der Waals surface area contributed by atoms with Crippen molar-refractivity contribution in [2.75, 3.05) is 34.9 Å². The standard InChI is InChI=1S/C43H66N4O8S/c1-12-28(4)38(46(8)41(51)32(27(2)3)25-36(49)43(6,7)45-42(52)55-11)35(53-9)26-37(50)47-21-16-19-33(47)39(54-10)29(5)34(48)24-31(40-44-20-22-56-40)23-30-17-14-13-15-18-30/h13-15,17-18,20,22,27-29,31-33,35,38-39H,12,16,19,21,23-26H2,1-11H3,(H,45,52)/t28-,29-,31+,32-,33-,35+,38-,39+/m0/s1. The number of benzene rings is 1. The molecule has 1 N–H and O–H groups in total. The topological polar surface area (TPSA) is 144 Å². The van der Waals surface area contributed by atoms with Crippen molar-refractivity contribution in [3.63, 3.8) is 0 Å². The number of likely N-dealkylation sites (tertiary alicyclic amines) is 1. The number of alkyl carbamates (subject to hydrolysis) is 1. The van der Waals surface area contributed by atoms with Gasteiger partial charge in [-0.05, 0) is 50.5 Å². The molecule has 1 aromatic heterocycles. The fourth-order valence-corrected chi connectivity index (χ4v) is 8.79. The van der Waals surface area contributed by atoms with Gasteiger partial charge in [-0.15, -0.1) is 11.3 Å². The molecule has 3 amide bonds. The molecule has 1 saturated heterocycles. The molecule has 2 aromatic rings. The molecule has 0 radical (unpaired) electrons. The molecule has 1 aliphatic rings. The summed E-state index contributed by atoms with van der Waals surface area (Å²) < 4.78 is 16.8. The highest BCUT2D eigenvalue weighted by Crippen LogP contribution is 2.33. The molecule has 13 heteroatoms. The molecule has 0 unspecified atom stereocenters. The third-order valence-electron chi connectivity index (χ3n) is 11.8. The lowest BCUT2D eigenvalue weighted by Crippen LogP contribution is -2.55. The van der Waals surface area contributed by atoms with E-state index in [1.807, 2.05) is 63.1 Å². The van der Waals surface area contributed by atoms with Crippen LogP contribution in [0.5, 0.6) is 0 Å². The van der Waals surface area contributed by atoms with Gasteiger partial charge in [-0.25, -0.2) is 9.78 Å². The number of amides is 3. The number of carbonyl (C=O) groups excluding carboxylic acids is 5. The van der Waals surface area contributed by atoms with E-state index in [1.54, 1.807) is 57.5 Å². The number of carbonyl (C=O) groups is 5. The lowest BCUT2D eigenvalue weighted by molar-refractivity contribution is -0.149. The van der Waals surface area contributed by atoms with Crippen LogP contribution >= 0.6 is 11.3 Å². The number of aromatic nitrogens is 1. The molecule has 3 rings (SSSR count). The predicted octanol–water partition coefficient (Wildman–Crippen LogP) is 6.71. The van der Waals surface area contributed by atoms with Crippen LogP contribution in [0.1, 0.15) is 103 Å². The van der Waals surface area contributed by atoms with Gasteiger partial charge in [0.1, 0.15) is 5.78 Å². The summed E-state index contributed by atoms with van der Waals surface area (Å²) in [6.45, 7) is 13.5. The Bertz CT molecular complexity index is 1570. The van der Waals surface area contributed by atoms with E-state index in [0.29, 0.717) is 25.8 Å². The van der Waals surface area contributed by atoms with E-state index in [9.17, 15) is 24.0 Å². The van der Waals surface area contributed by atoms with Gasteiger partial charge >= 0.3 is 6.09 Å². The lowest BCUT2D eigenvalue weighted by Gasteiger charge is -2.41. The van der Waals surface area contributed by atoms with Gasteiger partial charge in [-0.3, -0.25) is 19.2 Å². The fraction of sp³-hybridized carbons (Fsp3) is 0.674. The second-order valence-electron chi connectivity index (χ2n) is 16.2. The summed E-state index contributed by atoms with van der Waals surface area (Å²) in [6, 6.07) is 9.36. The Morgan fingerprint density at radius 2 is 1.68 bits per heavy atom. The van der Waals surface area contributed by atoms with Crippen molar-refractivity contribution in [2.24, 2.45) is 23.7 Å². The molecular formula is C43H66N4O8S. The minimum Gasteiger partial charge on any atom is -0.453 e. The van der Waals surface area contributed by atoms with E-state index in [-0.39, 0.29) is 60.0 Å². The molecule has 0 spiro atoms. The van der Waals surface area contributed by atoms with E-state index in [2.05, 4.69) is 22.4 Å². The Balaban J connectivity index is 1.78. The number of likely N-dealkylation sites (N-methyl/N-ethyl adjacent to an activating group) is 1. The maximum Gasteiger partial charge on any atom is 0.407 e. The first-order valence-electron chi connectivity index (χ1n) is 20.0. The number of ether oxygens (including phenoxy) is 3. The molecule has 56 heavy (non-hydrogen) atoms. The Hall–Kier alpha value is -3.68. The summed E-state index contributed by atoms with van der Waals surface area (Å²) in [5, 5.41) is 5.43. The number of methoxy groups -OCH3 is 3. The number of rotatable bonds is 22. The molecule has 8 atom stereocenters. The third-order valence-corrected chi connectivity index (χ3v) is 12.7. The molecule has 1 aromatic carbocycles. The first-order valence-corrected chi connectivity index (χ1v) is 20.9. The van der Waals surface area contributed by atoms with E-state index >= 15 is 0 Å². The van der Waals surface area contributed by atoms with Crippen LogP contribution in [0.3, 0.4) is 0 Å². The highest BCUT2D eigenvalue weighted by molar-refractivity contribution is 7.09. The van der Waals surface area contributed by atoms with E-state index in [0.717, 1.165) is 23.4 Å². The average Bonchev–Trinajstić information content (AvgIpc) is 3.90. The summed E-state index contributed by atoms with van der Waals surface area (Å²) in [5.74, 6) is -1.99. The minimum absolute atomic E-state index is 0.0307. The zero-order valence-electron chi connectivity index (χ0n) is 35.4. The molecule has 1 fully saturated rings. The largest absolute Gasteiger partial charge is 0.453 e. The SMILES string of the molecule is CC[C@H](C)[C@@H]([C@@H](CC(=O)N1CCC[C@H]1[C@H](OC)[C@@H](C)C(=O)C[C@@H](Cc1ccccc1)c1nccs1)OC)N(C)C(=O)[C@@H](CC(=O)C(C)(C)NC(=O)OC)C(C)C. The van der Waals surface area contributed by atoms with Gasteiger partial charge in [-0.1, -0.05) is 71.4 Å². The van der Waals surface area contributed by atoms with Crippen LogP contribution < -0.4 is 5.32 Å². The lowest BCUT2D eigenvalue weighted by atomic mass is 9.83. The van der Waals surface area contributed by atoms with E-state index < -0.39 is 41.7 Å². The number of nitrogens with one attached hydrogen (secondary N) is 1. The van der Waals surface area contributed by atoms with E-state index in [1.165, 1.54) is 7.11 Å². The smallest absolute Gasteiger partial charge is 0.407 e. The van der Waals surface area contributed by atoms with Crippen LogP contribution in [0.25, 0.3) is 0 Å². The van der Waals surface area contributed by atoms with E-state index in [4.69, 9.17) is 14.2 Å².